The van der Waals surface area contributed by atoms with Crippen LogP contribution in [0, 0.1) is 6.92 Å². The van der Waals surface area contributed by atoms with Crippen LogP contribution in [0.15, 0.2) is 39.8 Å². The van der Waals surface area contributed by atoms with Gasteiger partial charge in [-0.15, -0.1) is 0 Å². The first-order valence-electron chi connectivity index (χ1n) is 6.04. The van der Waals surface area contributed by atoms with Crippen molar-refractivity contribution < 1.29 is 17.6 Å². The van der Waals surface area contributed by atoms with Crippen molar-refractivity contribution in [1.29, 1.82) is 0 Å². The molecule has 0 bridgehead atoms. The topological polar surface area (TPSA) is 114 Å². The number of carbonyl (C=O) groups is 1. The number of aryl methyl sites for hydroxylation is 1. The zero-order valence-corrected chi connectivity index (χ0v) is 12.3. The van der Waals surface area contributed by atoms with Gasteiger partial charge in [0.25, 0.3) is 15.9 Å². The summed E-state index contributed by atoms with van der Waals surface area (Å²) in [5.74, 6) is -0.702. The number of rotatable bonds is 4. The van der Waals surface area contributed by atoms with Gasteiger partial charge in [0.15, 0.2) is 5.76 Å². The first-order chi connectivity index (χ1) is 9.83. The van der Waals surface area contributed by atoms with E-state index in [9.17, 15) is 13.2 Å². The number of nitrogen functional groups attached to an aromatic ring is 1. The lowest BCUT2D eigenvalue weighted by molar-refractivity contribution is 0.0991. The Balaban J connectivity index is 2.22. The molecule has 0 saturated carbocycles. The van der Waals surface area contributed by atoms with Gasteiger partial charge in [0.2, 0.25) is 5.09 Å². The molecule has 0 atom stereocenters. The third-order valence-electron chi connectivity index (χ3n) is 2.79. The minimum atomic E-state index is -3.72. The van der Waals surface area contributed by atoms with E-state index in [-0.39, 0.29) is 10.9 Å². The lowest BCUT2D eigenvalue weighted by atomic mass is 10.2. The molecular weight excluding hydrogens is 294 g/mol. The molecular formula is C13H15N3O4S. The zero-order chi connectivity index (χ0) is 15.6. The fourth-order valence-electron chi connectivity index (χ4n) is 1.67. The van der Waals surface area contributed by atoms with E-state index in [4.69, 9.17) is 10.2 Å². The molecule has 1 heterocycles. The van der Waals surface area contributed by atoms with Gasteiger partial charge in [0, 0.05) is 0 Å². The molecule has 2 rings (SSSR count). The number of anilines is 2. The molecule has 2 aromatic rings. The highest BCUT2D eigenvalue weighted by Crippen LogP contribution is 2.21. The van der Waals surface area contributed by atoms with Crippen molar-refractivity contribution in [1.82, 2.24) is 4.72 Å². The summed E-state index contributed by atoms with van der Waals surface area (Å²) in [6.45, 7) is 1.88. The number of nitrogens with two attached hydrogens (primary N) is 1. The average Bonchev–Trinajstić information content (AvgIpc) is 2.92. The SMILES string of the molecule is CNS(=O)(=O)c1ccc(C(=O)Nc2ccc(C)cc2N)o1. The Morgan fingerprint density at radius 2 is 1.95 bits per heavy atom. The van der Waals surface area contributed by atoms with E-state index in [0.29, 0.717) is 11.4 Å². The van der Waals surface area contributed by atoms with Gasteiger partial charge in [-0.2, -0.15) is 0 Å². The Hall–Kier alpha value is -2.32. The number of sulfonamides is 1. The van der Waals surface area contributed by atoms with Crippen LogP contribution in [-0.2, 0) is 10.0 Å². The van der Waals surface area contributed by atoms with Crippen LogP contribution in [0.5, 0.6) is 0 Å². The molecule has 0 aliphatic heterocycles. The molecule has 0 radical (unpaired) electrons. The van der Waals surface area contributed by atoms with Gasteiger partial charge < -0.3 is 15.5 Å². The molecule has 0 unspecified atom stereocenters. The summed E-state index contributed by atoms with van der Waals surface area (Å²) in [7, 11) is -2.46. The fraction of sp³-hybridized carbons (Fsp3) is 0.154. The van der Waals surface area contributed by atoms with Gasteiger partial charge in [-0.1, -0.05) is 6.07 Å². The first kappa shape index (κ1) is 15.1. The molecule has 0 fully saturated rings. The number of hydrogen-bond donors (Lipinski definition) is 3. The van der Waals surface area contributed by atoms with E-state index in [1.54, 1.807) is 18.2 Å². The van der Waals surface area contributed by atoms with E-state index in [0.717, 1.165) is 5.56 Å². The summed E-state index contributed by atoms with van der Waals surface area (Å²) >= 11 is 0. The minimum Gasteiger partial charge on any atom is -0.438 e. The maximum atomic E-state index is 12.0. The van der Waals surface area contributed by atoms with Crippen LogP contribution in [0.4, 0.5) is 11.4 Å². The van der Waals surface area contributed by atoms with Crippen LogP contribution in [0.3, 0.4) is 0 Å². The summed E-state index contributed by atoms with van der Waals surface area (Å²) < 4.78 is 30.2. The van der Waals surface area contributed by atoms with Crippen LogP contribution >= 0.6 is 0 Å². The van der Waals surface area contributed by atoms with E-state index in [1.807, 2.05) is 6.92 Å². The molecule has 8 heteroatoms. The maximum Gasteiger partial charge on any atom is 0.291 e. The molecule has 0 saturated heterocycles. The van der Waals surface area contributed by atoms with Gasteiger partial charge in [-0.05, 0) is 43.8 Å². The Bertz CT molecular complexity index is 780. The predicted molar refractivity (Wildman–Crippen MR) is 78.5 cm³/mol. The lowest BCUT2D eigenvalue weighted by Crippen LogP contribution is -2.18. The largest absolute Gasteiger partial charge is 0.438 e. The van der Waals surface area contributed by atoms with E-state index >= 15 is 0 Å². The smallest absolute Gasteiger partial charge is 0.291 e. The molecule has 21 heavy (non-hydrogen) atoms. The summed E-state index contributed by atoms with van der Waals surface area (Å²) in [4.78, 5) is 12.0. The van der Waals surface area contributed by atoms with Crippen molar-refractivity contribution in [2.75, 3.05) is 18.1 Å². The van der Waals surface area contributed by atoms with Gasteiger partial charge >= 0.3 is 0 Å². The van der Waals surface area contributed by atoms with Gasteiger partial charge in [-0.3, -0.25) is 4.79 Å². The van der Waals surface area contributed by atoms with Gasteiger partial charge in [0.05, 0.1) is 11.4 Å². The standard InChI is InChI=1S/C13H15N3O4S/c1-8-3-4-10(9(14)7-8)16-13(17)11-5-6-12(20-11)21(18,19)15-2/h3-7,15H,14H2,1-2H3,(H,16,17). The Labute approximate surface area is 122 Å². The van der Waals surface area contributed by atoms with Crippen LogP contribution in [-0.4, -0.2) is 21.4 Å². The molecule has 4 N–H and O–H groups in total. The number of benzene rings is 1. The zero-order valence-electron chi connectivity index (χ0n) is 11.5. The molecule has 1 aromatic heterocycles. The van der Waals surface area contributed by atoms with Crippen LogP contribution < -0.4 is 15.8 Å². The minimum absolute atomic E-state index is 0.121. The monoisotopic (exact) mass is 309 g/mol. The quantitative estimate of drug-likeness (QED) is 0.737. The number of hydrogen-bond acceptors (Lipinski definition) is 5. The molecule has 0 aliphatic rings. The molecule has 1 aromatic carbocycles. The van der Waals surface area contributed by atoms with Crippen molar-refractivity contribution in [3.8, 4) is 0 Å². The van der Waals surface area contributed by atoms with Crippen molar-refractivity contribution >= 4 is 27.3 Å². The van der Waals surface area contributed by atoms with Crippen LogP contribution in [0.25, 0.3) is 0 Å². The molecule has 7 nitrogen and oxygen atoms in total. The second-order valence-electron chi connectivity index (χ2n) is 4.37. The Morgan fingerprint density at radius 1 is 1.24 bits per heavy atom. The number of nitrogens with one attached hydrogen (secondary N) is 2. The second kappa shape index (κ2) is 5.58. The molecule has 1 amide bonds. The molecule has 0 spiro atoms. The number of amides is 1. The Kier molecular flexibility index (Phi) is 4.01. The van der Waals surface area contributed by atoms with Crippen LogP contribution in [0.1, 0.15) is 16.1 Å². The van der Waals surface area contributed by atoms with E-state index < -0.39 is 15.9 Å². The summed E-state index contributed by atoms with van der Waals surface area (Å²) in [5.41, 5.74) is 7.60. The van der Waals surface area contributed by atoms with Crippen molar-refractivity contribution in [3.05, 3.63) is 41.7 Å². The van der Waals surface area contributed by atoms with Gasteiger partial charge in [0.1, 0.15) is 0 Å². The number of carbonyl (C=O) groups excluding carboxylic acids is 1. The van der Waals surface area contributed by atoms with Gasteiger partial charge in [-0.25, -0.2) is 13.1 Å². The predicted octanol–water partition coefficient (Wildman–Crippen LogP) is 1.33. The number of furan rings is 1. The lowest BCUT2D eigenvalue weighted by Gasteiger charge is -2.07. The van der Waals surface area contributed by atoms with Crippen LogP contribution in [0.2, 0.25) is 0 Å². The summed E-state index contributed by atoms with van der Waals surface area (Å²) in [6, 6.07) is 7.67. The fourth-order valence-corrected chi connectivity index (χ4v) is 2.31. The molecule has 0 aliphatic carbocycles. The highest BCUT2D eigenvalue weighted by atomic mass is 32.2. The summed E-state index contributed by atoms with van der Waals surface area (Å²) in [6.07, 6.45) is 0. The third kappa shape index (κ3) is 3.23. The van der Waals surface area contributed by atoms with Crippen molar-refractivity contribution in [2.45, 2.75) is 12.0 Å². The van der Waals surface area contributed by atoms with E-state index in [1.165, 1.54) is 19.2 Å². The first-order valence-corrected chi connectivity index (χ1v) is 7.52. The van der Waals surface area contributed by atoms with Crippen molar-refractivity contribution in [3.63, 3.8) is 0 Å². The van der Waals surface area contributed by atoms with Crippen molar-refractivity contribution in [2.24, 2.45) is 0 Å². The highest BCUT2D eigenvalue weighted by molar-refractivity contribution is 7.89. The molecule has 112 valence electrons. The Morgan fingerprint density at radius 3 is 2.57 bits per heavy atom. The summed E-state index contributed by atoms with van der Waals surface area (Å²) in [5, 5.41) is 2.24. The van der Waals surface area contributed by atoms with E-state index in [2.05, 4.69) is 10.0 Å². The average molecular weight is 309 g/mol. The maximum absolute atomic E-state index is 12.0. The normalized spacial score (nSPS) is 11.3. The second-order valence-corrected chi connectivity index (χ2v) is 6.19. The highest BCUT2D eigenvalue weighted by Gasteiger charge is 2.19. The third-order valence-corrected chi connectivity index (χ3v) is 4.08.